The fraction of sp³-hybridized carbons (Fsp3) is 0.583. The lowest BCUT2D eigenvalue weighted by Gasteiger charge is -2.31. The molecule has 1 saturated heterocycles. The van der Waals surface area contributed by atoms with Crippen molar-refractivity contribution in [3.63, 3.8) is 0 Å². The molecule has 0 spiro atoms. The summed E-state index contributed by atoms with van der Waals surface area (Å²) >= 11 is 0. The van der Waals surface area contributed by atoms with Crippen molar-refractivity contribution in [1.82, 2.24) is 9.88 Å². The molecule has 2 heterocycles. The fourth-order valence-corrected chi connectivity index (χ4v) is 2.10. The van der Waals surface area contributed by atoms with Crippen molar-refractivity contribution in [3.8, 4) is 0 Å². The number of aromatic nitrogens is 1. The van der Waals surface area contributed by atoms with Crippen LogP contribution >= 0.6 is 0 Å². The van der Waals surface area contributed by atoms with Gasteiger partial charge in [0.25, 0.3) is 0 Å². The van der Waals surface area contributed by atoms with E-state index in [0.29, 0.717) is 6.10 Å². The first-order valence-electron chi connectivity index (χ1n) is 5.52. The number of ether oxygens (including phenoxy) is 1. The van der Waals surface area contributed by atoms with Crippen molar-refractivity contribution in [2.45, 2.75) is 25.5 Å². The van der Waals surface area contributed by atoms with E-state index < -0.39 is 0 Å². The van der Waals surface area contributed by atoms with E-state index in [2.05, 4.69) is 22.0 Å². The van der Waals surface area contributed by atoms with Gasteiger partial charge in [-0.3, -0.25) is 9.88 Å². The Morgan fingerprint density at radius 1 is 1.47 bits per heavy atom. The van der Waals surface area contributed by atoms with Gasteiger partial charge in [0, 0.05) is 32.6 Å². The third-order valence-electron chi connectivity index (χ3n) is 2.95. The molecular weight excluding hydrogens is 188 g/mol. The van der Waals surface area contributed by atoms with Gasteiger partial charge in [-0.2, -0.15) is 0 Å². The van der Waals surface area contributed by atoms with E-state index in [-0.39, 0.29) is 0 Å². The summed E-state index contributed by atoms with van der Waals surface area (Å²) in [6.07, 6.45) is 6.56. The van der Waals surface area contributed by atoms with Crippen LogP contribution in [0.3, 0.4) is 0 Å². The van der Waals surface area contributed by atoms with E-state index in [1.807, 2.05) is 12.4 Å². The van der Waals surface area contributed by atoms with Crippen LogP contribution in [0.5, 0.6) is 0 Å². The molecule has 0 saturated carbocycles. The van der Waals surface area contributed by atoms with Gasteiger partial charge in [0.1, 0.15) is 0 Å². The van der Waals surface area contributed by atoms with Gasteiger partial charge in [-0.1, -0.05) is 0 Å². The molecule has 1 atom stereocenters. The van der Waals surface area contributed by atoms with Crippen molar-refractivity contribution >= 4 is 0 Å². The van der Waals surface area contributed by atoms with Gasteiger partial charge in [-0.25, -0.2) is 0 Å². The highest BCUT2D eigenvalue weighted by Crippen LogP contribution is 2.14. The fourth-order valence-electron chi connectivity index (χ4n) is 2.10. The molecule has 1 aromatic heterocycles. The Labute approximate surface area is 91.1 Å². The van der Waals surface area contributed by atoms with Crippen LogP contribution in [0.4, 0.5) is 0 Å². The van der Waals surface area contributed by atoms with Crippen LogP contribution in [-0.4, -0.2) is 36.2 Å². The van der Waals surface area contributed by atoms with Crippen LogP contribution in [0.2, 0.25) is 0 Å². The minimum atomic E-state index is 0.417. The third kappa shape index (κ3) is 3.01. The van der Waals surface area contributed by atoms with Crippen LogP contribution < -0.4 is 0 Å². The van der Waals surface area contributed by atoms with Gasteiger partial charge >= 0.3 is 0 Å². The average molecular weight is 206 g/mol. The molecule has 1 aromatic rings. The minimum absolute atomic E-state index is 0.417. The molecule has 1 aliphatic heterocycles. The van der Waals surface area contributed by atoms with Crippen molar-refractivity contribution in [1.29, 1.82) is 0 Å². The summed E-state index contributed by atoms with van der Waals surface area (Å²) in [7, 11) is 1.81. The lowest BCUT2D eigenvalue weighted by Crippen LogP contribution is -2.38. The maximum absolute atomic E-state index is 5.41. The zero-order valence-electron chi connectivity index (χ0n) is 9.22. The molecule has 15 heavy (non-hydrogen) atoms. The molecule has 0 aliphatic carbocycles. The Hall–Kier alpha value is -0.930. The van der Waals surface area contributed by atoms with Crippen molar-refractivity contribution in [2.75, 3.05) is 20.2 Å². The zero-order chi connectivity index (χ0) is 10.5. The molecule has 0 amide bonds. The highest BCUT2D eigenvalue weighted by Gasteiger charge is 2.18. The van der Waals surface area contributed by atoms with Crippen LogP contribution in [0.15, 0.2) is 24.5 Å². The lowest BCUT2D eigenvalue weighted by atomic mass is 10.1. The van der Waals surface area contributed by atoms with Crippen molar-refractivity contribution < 1.29 is 4.74 Å². The molecule has 1 aliphatic rings. The van der Waals surface area contributed by atoms with Gasteiger partial charge in [0.15, 0.2) is 0 Å². The third-order valence-corrected chi connectivity index (χ3v) is 2.95. The maximum Gasteiger partial charge on any atom is 0.0698 e. The molecule has 3 heteroatoms. The van der Waals surface area contributed by atoms with Gasteiger partial charge < -0.3 is 4.74 Å². The van der Waals surface area contributed by atoms with E-state index in [9.17, 15) is 0 Å². The SMILES string of the molecule is COC1CCCN(Cc2ccncc2)C1. The van der Waals surface area contributed by atoms with Crippen LogP contribution in [0.1, 0.15) is 18.4 Å². The first-order chi connectivity index (χ1) is 7.38. The molecule has 3 nitrogen and oxygen atoms in total. The molecule has 1 fully saturated rings. The lowest BCUT2D eigenvalue weighted by molar-refractivity contribution is 0.0285. The highest BCUT2D eigenvalue weighted by atomic mass is 16.5. The molecule has 1 unspecified atom stereocenters. The summed E-state index contributed by atoms with van der Waals surface area (Å²) in [5.74, 6) is 0. The molecule has 0 aromatic carbocycles. The smallest absolute Gasteiger partial charge is 0.0698 e. The molecule has 0 radical (unpaired) electrons. The highest BCUT2D eigenvalue weighted by molar-refractivity contribution is 5.09. The largest absolute Gasteiger partial charge is 0.380 e. The van der Waals surface area contributed by atoms with Crippen molar-refractivity contribution in [3.05, 3.63) is 30.1 Å². The monoisotopic (exact) mass is 206 g/mol. The Kier molecular flexibility index (Phi) is 3.69. The molecular formula is C12H18N2O. The van der Waals surface area contributed by atoms with E-state index in [0.717, 1.165) is 13.1 Å². The Balaban J connectivity index is 1.89. The van der Waals surface area contributed by atoms with Crippen LogP contribution in [0, 0.1) is 0 Å². The minimum Gasteiger partial charge on any atom is -0.380 e. The van der Waals surface area contributed by atoms with Crippen LogP contribution in [0.25, 0.3) is 0 Å². The summed E-state index contributed by atoms with van der Waals surface area (Å²) in [5, 5.41) is 0. The Bertz CT molecular complexity index is 289. The second kappa shape index (κ2) is 5.24. The average Bonchev–Trinajstić information content (AvgIpc) is 2.31. The van der Waals surface area contributed by atoms with Gasteiger partial charge in [-0.15, -0.1) is 0 Å². The summed E-state index contributed by atoms with van der Waals surface area (Å²) < 4.78 is 5.41. The molecule has 2 rings (SSSR count). The number of piperidine rings is 1. The first kappa shape index (κ1) is 10.6. The Morgan fingerprint density at radius 2 is 2.27 bits per heavy atom. The maximum atomic E-state index is 5.41. The second-order valence-corrected chi connectivity index (χ2v) is 4.09. The topological polar surface area (TPSA) is 25.4 Å². The van der Waals surface area contributed by atoms with Crippen molar-refractivity contribution in [2.24, 2.45) is 0 Å². The number of nitrogens with zero attached hydrogens (tertiary/aromatic N) is 2. The van der Waals surface area contributed by atoms with E-state index in [4.69, 9.17) is 4.74 Å². The van der Waals surface area contributed by atoms with Gasteiger partial charge in [-0.05, 0) is 37.1 Å². The van der Waals surface area contributed by atoms with E-state index in [1.165, 1.54) is 24.9 Å². The summed E-state index contributed by atoms with van der Waals surface area (Å²) in [4.78, 5) is 6.48. The number of likely N-dealkylation sites (tertiary alicyclic amines) is 1. The van der Waals surface area contributed by atoms with E-state index in [1.54, 1.807) is 7.11 Å². The van der Waals surface area contributed by atoms with Gasteiger partial charge in [0.2, 0.25) is 0 Å². The quantitative estimate of drug-likeness (QED) is 0.752. The normalized spacial score (nSPS) is 22.9. The predicted octanol–water partition coefficient (Wildman–Crippen LogP) is 1.69. The standard InChI is InChI=1S/C12H18N2O/c1-15-12-3-2-8-14(10-12)9-11-4-6-13-7-5-11/h4-7,12H,2-3,8-10H2,1H3. The number of methoxy groups -OCH3 is 1. The summed E-state index contributed by atoms with van der Waals surface area (Å²) in [6, 6.07) is 4.16. The number of rotatable bonds is 3. The first-order valence-corrected chi connectivity index (χ1v) is 5.52. The Morgan fingerprint density at radius 3 is 3.00 bits per heavy atom. The van der Waals surface area contributed by atoms with Crippen LogP contribution in [-0.2, 0) is 11.3 Å². The summed E-state index contributed by atoms with van der Waals surface area (Å²) in [5.41, 5.74) is 1.33. The summed E-state index contributed by atoms with van der Waals surface area (Å²) in [6.45, 7) is 3.25. The predicted molar refractivity (Wildman–Crippen MR) is 59.5 cm³/mol. The molecule has 0 bridgehead atoms. The molecule has 82 valence electrons. The number of hydrogen-bond donors (Lipinski definition) is 0. The number of hydrogen-bond acceptors (Lipinski definition) is 3. The number of pyridine rings is 1. The molecule has 0 N–H and O–H groups in total. The second-order valence-electron chi connectivity index (χ2n) is 4.09. The van der Waals surface area contributed by atoms with Gasteiger partial charge in [0.05, 0.1) is 6.10 Å². The van der Waals surface area contributed by atoms with E-state index >= 15 is 0 Å². The zero-order valence-corrected chi connectivity index (χ0v) is 9.22.